The second-order valence-corrected chi connectivity index (χ2v) is 5.25. The first-order valence-electron chi connectivity index (χ1n) is 7.50. The molecular weight excluding hydrogens is 308 g/mol. The van der Waals surface area contributed by atoms with Crippen molar-refractivity contribution in [3.63, 3.8) is 0 Å². The summed E-state index contributed by atoms with van der Waals surface area (Å²) in [6, 6.07) is 1.84. The van der Waals surface area contributed by atoms with E-state index >= 15 is 0 Å². The monoisotopic (exact) mass is 326 g/mol. The van der Waals surface area contributed by atoms with Gasteiger partial charge >= 0.3 is 0 Å². The lowest BCUT2D eigenvalue weighted by atomic mass is 10.1. The fraction of sp³-hybridized carbons (Fsp3) is 0.312. The summed E-state index contributed by atoms with van der Waals surface area (Å²) in [5.74, 6) is 1.08. The van der Waals surface area contributed by atoms with Crippen LogP contribution in [0.5, 0.6) is 0 Å². The number of nitrogens with zero attached hydrogens (tertiary/aromatic N) is 5. The molecule has 3 heterocycles. The molecule has 0 radical (unpaired) electrons. The van der Waals surface area contributed by atoms with Gasteiger partial charge in [-0.3, -0.25) is 9.97 Å². The summed E-state index contributed by atoms with van der Waals surface area (Å²) in [6.45, 7) is 4.91. The molecule has 0 bridgehead atoms. The highest BCUT2D eigenvalue weighted by molar-refractivity contribution is 5.76. The number of aromatic nitrogens is 5. The van der Waals surface area contributed by atoms with Gasteiger partial charge in [0.25, 0.3) is 0 Å². The van der Waals surface area contributed by atoms with E-state index < -0.39 is 0 Å². The maximum Gasteiger partial charge on any atom is 0.223 e. The molecule has 3 rings (SSSR count). The van der Waals surface area contributed by atoms with E-state index in [2.05, 4.69) is 30.4 Å². The van der Waals surface area contributed by atoms with Gasteiger partial charge in [-0.25, -0.2) is 9.97 Å². The van der Waals surface area contributed by atoms with E-state index in [4.69, 9.17) is 9.26 Å². The molecule has 0 amide bonds. The summed E-state index contributed by atoms with van der Waals surface area (Å²) in [5.41, 5.74) is 3.61. The third kappa shape index (κ3) is 3.54. The van der Waals surface area contributed by atoms with Crippen molar-refractivity contribution >= 4 is 5.95 Å². The Hall–Kier alpha value is -2.87. The van der Waals surface area contributed by atoms with Gasteiger partial charge in [0.05, 0.1) is 29.8 Å². The van der Waals surface area contributed by atoms with Gasteiger partial charge in [0, 0.05) is 32.1 Å². The molecule has 8 nitrogen and oxygen atoms in total. The van der Waals surface area contributed by atoms with Crippen molar-refractivity contribution in [3.8, 4) is 22.7 Å². The Morgan fingerprint density at radius 3 is 2.62 bits per heavy atom. The predicted octanol–water partition coefficient (Wildman–Crippen LogP) is 2.26. The number of hydrogen-bond donors (Lipinski definition) is 1. The summed E-state index contributed by atoms with van der Waals surface area (Å²) in [4.78, 5) is 17.6. The highest BCUT2D eigenvalue weighted by Gasteiger charge is 2.16. The fourth-order valence-corrected chi connectivity index (χ4v) is 2.11. The molecule has 0 aliphatic carbocycles. The smallest absolute Gasteiger partial charge is 0.223 e. The molecule has 24 heavy (non-hydrogen) atoms. The van der Waals surface area contributed by atoms with Crippen molar-refractivity contribution in [1.82, 2.24) is 25.1 Å². The van der Waals surface area contributed by atoms with E-state index in [-0.39, 0.29) is 0 Å². The van der Waals surface area contributed by atoms with Crippen LogP contribution in [0, 0.1) is 13.8 Å². The van der Waals surface area contributed by atoms with Gasteiger partial charge in [-0.1, -0.05) is 5.16 Å². The van der Waals surface area contributed by atoms with Crippen LogP contribution in [0.3, 0.4) is 0 Å². The number of rotatable bonds is 6. The standard InChI is InChI=1S/C16H18N6O2/c1-10-6-14(24-22-10)12-8-20-16(17-4-5-23-3)21-15(12)13-9-18-11(2)7-19-13/h6-9H,4-5H2,1-3H3,(H,17,20,21). The lowest BCUT2D eigenvalue weighted by Crippen LogP contribution is -2.11. The third-order valence-electron chi connectivity index (χ3n) is 3.30. The number of anilines is 1. The van der Waals surface area contributed by atoms with Crippen molar-refractivity contribution in [2.45, 2.75) is 13.8 Å². The molecule has 3 aromatic rings. The molecule has 0 aliphatic rings. The molecule has 0 unspecified atom stereocenters. The van der Waals surface area contributed by atoms with Gasteiger partial charge < -0.3 is 14.6 Å². The largest absolute Gasteiger partial charge is 0.383 e. The van der Waals surface area contributed by atoms with Crippen LogP contribution >= 0.6 is 0 Å². The van der Waals surface area contributed by atoms with Crippen molar-refractivity contribution < 1.29 is 9.26 Å². The molecular formula is C16H18N6O2. The van der Waals surface area contributed by atoms with E-state index in [0.717, 1.165) is 11.4 Å². The van der Waals surface area contributed by atoms with Crippen LogP contribution in [0.1, 0.15) is 11.4 Å². The molecule has 0 aromatic carbocycles. The Morgan fingerprint density at radius 1 is 1.08 bits per heavy atom. The SMILES string of the molecule is COCCNc1ncc(-c2cc(C)no2)c(-c2cnc(C)cn2)n1. The molecule has 124 valence electrons. The molecule has 0 atom stereocenters. The van der Waals surface area contributed by atoms with Crippen molar-refractivity contribution in [2.24, 2.45) is 0 Å². The third-order valence-corrected chi connectivity index (χ3v) is 3.30. The quantitative estimate of drug-likeness (QED) is 0.689. The normalized spacial score (nSPS) is 10.8. The fourth-order valence-electron chi connectivity index (χ4n) is 2.11. The molecule has 0 spiro atoms. The van der Waals surface area contributed by atoms with Crippen LogP contribution in [0.25, 0.3) is 22.7 Å². The van der Waals surface area contributed by atoms with Crippen LogP contribution in [0.4, 0.5) is 5.95 Å². The van der Waals surface area contributed by atoms with Crippen LogP contribution < -0.4 is 5.32 Å². The van der Waals surface area contributed by atoms with Crippen molar-refractivity contribution in [3.05, 3.63) is 36.0 Å². The number of ether oxygens (including phenoxy) is 1. The highest BCUT2D eigenvalue weighted by Crippen LogP contribution is 2.29. The van der Waals surface area contributed by atoms with Gasteiger partial charge in [0.2, 0.25) is 5.95 Å². The summed E-state index contributed by atoms with van der Waals surface area (Å²) in [6.07, 6.45) is 5.08. The average molecular weight is 326 g/mol. The zero-order valence-corrected chi connectivity index (χ0v) is 13.8. The van der Waals surface area contributed by atoms with E-state index in [1.807, 2.05) is 19.9 Å². The molecule has 0 aliphatic heterocycles. The van der Waals surface area contributed by atoms with Gasteiger partial charge in [-0.2, -0.15) is 0 Å². The average Bonchev–Trinajstić information content (AvgIpc) is 3.02. The maximum atomic E-state index is 5.36. The predicted molar refractivity (Wildman–Crippen MR) is 88.4 cm³/mol. The van der Waals surface area contributed by atoms with Crippen molar-refractivity contribution in [1.29, 1.82) is 0 Å². The molecule has 0 saturated heterocycles. The first kappa shape index (κ1) is 16.0. The minimum atomic E-state index is 0.490. The molecule has 3 aromatic heterocycles. The van der Waals surface area contributed by atoms with Crippen molar-refractivity contribution in [2.75, 3.05) is 25.6 Å². The molecule has 8 heteroatoms. The molecule has 0 saturated carbocycles. The van der Waals surface area contributed by atoms with E-state index in [9.17, 15) is 0 Å². The lowest BCUT2D eigenvalue weighted by Gasteiger charge is -2.09. The van der Waals surface area contributed by atoms with Gasteiger partial charge in [-0.05, 0) is 13.8 Å². The second-order valence-electron chi connectivity index (χ2n) is 5.25. The van der Waals surface area contributed by atoms with E-state index in [0.29, 0.717) is 41.8 Å². The van der Waals surface area contributed by atoms with Gasteiger partial charge in [0.1, 0.15) is 11.4 Å². The van der Waals surface area contributed by atoms with Crippen LogP contribution in [-0.2, 0) is 4.74 Å². The van der Waals surface area contributed by atoms with E-state index in [1.54, 1.807) is 25.7 Å². The lowest BCUT2D eigenvalue weighted by molar-refractivity contribution is 0.210. The summed E-state index contributed by atoms with van der Waals surface area (Å²) in [5, 5.41) is 7.04. The minimum Gasteiger partial charge on any atom is -0.383 e. The van der Waals surface area contributed by atoms with Crippen LogP contribution in [0.2, 0.25) is 0 Å². The number of nitrogens with one attached hydrogen (secondary N) is 1. The summed E-state index contributed by atoms with van der Waals surface area (Å²) >= 11 is 0. The van der Waals surface area contributed by atoms with Gasteiger partial charge in [-0.15, -0.1) is 0 Å². The first-order chi connectivity index (χ1) is 11.7. The van der Waals surface area contributed by atoms with Crippen LogP contribution in [0.15, 0.2) is 29.2 Å². The van der Waals surface area contributed by atoms with Gasteiger partial charge in [0.15, 0.2) is 5.76 Å². The summed E-state index contributed by atoms with van der Waals surface area (Å²) < 4.78 is 10.4. The minimum absolute atomic E-state index is 0.490. The Labute approximate surface area is 139 Å². The topological polar surface area (TPSA) is 98.8 Å². The Bertz CT molecular complexity index is 816. The Kier molecular flexibility index (Phi) is 4.76. The van der Waals surface area contributed by atoms with E-state index in [1.165, 1.54) is 0 Å². The Balaban J connectivity index is 2.02. The van der Waals surface area contributed by atoms with Crippen LogP contribution in [-0.4, -0.2) is 45.4 Å². The first-order valence-corrected chi connectivity index (χ1v) is 7.50. The number of aryl methyl sites for hydroxylation is 2. The zero-order valence-electron chi connectivity index (χ0n) is 13.8. The highest BCUT2D eigenvalue weighted by atomic mass is 16.5. The Morgan fingerprint density at radius 2 is 1.96 bits per heavy atom. The maximum absolute atomic E-state index is 5.36. The molecule has 1 N–H and O–H groups in total. The summed E-state index contributed by atoms with van der Waals surface area (Å²) in [7, 11) is 1.64. The second kappa shape index (κ2) is 7.14. The molecule has 0 fully saturated rings. The number of methoxy groups -OCH3 is 1. The zero-order chi connectivity index (χ0) is 16.9. The number of hydrogen-bond acceptors (Lipinski definition) is 8.